The number of unbranched alkanes of at least 4 members (excludes halogenated alkanes) is 1. The van der Waals surface area contributed by atoms with E-state index in [0.717, 1.165) is 36.3 Å². The molecule has 0 aliphatic rings. The molecule has 21 heavy (non-hydrogen) atoms. The van der Waals surface area contributed by atoms with Crippen LogP contribution in [0, 0.1) is 0 Å². The predicted molar refractivity (Wildman–Crippen MR) is 77.8 cm³/mol. The zero-order valence-corrected chi connectivity index (χ0v) is 12.3. The van der Waals surface area contributed by atoms with Crippen molar-refractivity contribution in [1.29, 1.82) is 0 Å². The fourth-order valence-corrected chi connectivity index (χ4v) is 1.43. The maximum Gasteiger partial charge on any atom is 0.331 e. The monoisotopic (exact) mass is 292 g/mol. The molecule has 0 unspecified atom stereocenters. The third-order valence-corrected chi connectivity index (χ3v) is 2.64. The number of esters is 2. The predicted octanol–water partition coefficient (Wildman–Crippen LogP) is 2.64. The van der Waals surface area contributed by atoms with Gasteiger partial charge in [0.25, 0.3) is 0 Å². The van der Waals surface area contributed by atoms with Crippen LogP contribution >= 0.6 is 0 Å². The molecule has 0 aliphatic carbocycles. The van der Waals surface area contributed by atoms with E-state index in [1.54, 1.807) is 31.4 Å². The van der Waals surface area contributed by atoms with Gasteiger partial charge < -0.3 is 14.2 Å². The van der Waals surface area contributed by atoms with Gasteiger partial charge in [-0.3, -0.25) is 0 Å². The standard InChI is InChI=1S/C16H20O5/c1-3-4-11-20-15(17)9-10-16(18)21-12-13-5-7-14(19-2)8-6-13/h5-10H,3-4,11-12H2,1-2H3/b10-9+. The third kappa shape index (κ3) is 7.15. The maximum atomic E-state index is 11.4. The second-order valence-corrected chi connectivity index (χ2v) is 4.31. The number of rotatable bonds is 8. The van der Waals surface area contributed by atoms with E-state index < -0.39 is 11.9 Å². The lowest BCUT2D eigenvalue weighted by Crippen LogP contribution is -2.05. The number of ether oxygens (including phenoxy) is 3. The highest BCUT2D eigenvalue weighted by Gasteiger charge is 2.02. The van der Waals surface area contributed by atoms with Crippen LogP contribution in [-0.4, -0.2) is 25.7 Å². The van der Waals surface area contributed by atoms with E-state index in [9.17, 15) is 9.59 Å². The summed E-state index contributed by atoms with van der Waals surface area (Å²) >= 11 is 0. The van der Waals surface area contributed by atoms with Crippen molar-refractivity contribution in [1.82, 2.24) is 0 Å². The lowest BCUT2D eigenvalue weighted by atomic mass is 10.2. The van der Waals surface area contributed by atoms with Gasteiger partial charge in [-0.05, 0) is 24.1 Å². The molecule has 0 aromatic heterocycles. The van der Waals surface area contributed by atoms with E-state index in [0.29, 0.717) is 6.61 Å². The van der Waals surface area contributed by atoms with Crippen molar-refractivity contribution in [3.63, 3.8) is 0 Å². The average molecular weight is 292 g/mol. The Morgan fingerprint density at radius 2 is 1.67 bits per heavy atom. The molecule has 0 N–H and O–H groups in total. The van der Waals surface area contributed by atoms with Crippen LogP contribution in [0.4, 0.5) is 0 Å². The minimum Gasteiger partial charge on any atom is -0.497 e. The SMILES string of the molecule is CCCCOC(=O)/C=C/C(=O)OCc1ccc(OC)cc1. The Bertz CT molecular complexity index is 476. The van der Waals surface area contributed by atoms with Crippen LogP contribution in [0.15, 0.2) is 36.4 Å². The van der Waals surface area contributed by atoms with E-state index in [1.165, 1.54) is 0 Å². The van der Waals surface area contributed by atoms with E-state index in [1.807, 2.05) is 6.92 Å². The highest BCUT2D eigenvalue weighted by atomic mass is 16.5. The summed E-state index contributed by atoms with van der Waals surface area (Å²) in [6.45, 7) is 2.50. The lowest BCUT2D eigenvalue weighted by molar-refractivity contribution is -0.141. The highest BCUT2D eigenvalue weighted by molar-refractivity contribution is 5.91. The van der Waals surface area contributed by atoms with Gasteiger partial charge in [-0.1, -0.05) is 25.5 Å². The number of carbonyl (C=O) groups excluding carboxylic acids is 2. The Labute approximate surface area is 124 Å². The smallest absolute Gasteiger partial charge is 0.331 e. The summed E-state index contributed by atoms with van der Waals surface area (Å²) in [4.78, 5) is 22.7. The molecule has 114 valence electrons. The summed E-state index contributed by atoms with van der Waals surface area (Å²) < 4.78 is 14.9. The van der Waals surface area contributed by atoms with Crippen molar-refractivity contribution in [3.8, 4) is 5.75 Å². The molecular formula is C16H20O5. The summed E-state index contributed by atoms with van der Waals surface area (Å²) in [5.41, 5.74) is 0.836. The van der Waals surface area contributed by atoms with Gasteiger partial charge in [-0.25, -0.2) is 9.59 Å². The summed E-state index contributed by atoms with van der Waals surface area (Å²) in [5, 5.41) is 0. The summed E-state index contributed by atoms with van der Waals surface area (Å²) in [5.74, 6) is -0.386. The molecule has 5 nitrogen and oxygen atoms in total. The maximum absolute atomic E-state index is 11.4. The molecule has 0 heterocycles. The second kappa shape index (κ2) is 9.58. The molecule has 0 atom stereocenters. The molecule has 5 heteroatoms. The second-order valence-electron chi connectivity index (χ2n) is 4.31. The molecule has 1 rings (SSSR count). The van der Waals surface area contributed by atoms with E-state index in [2.05, 4.69) is 0 Å². The molecule has 1 aromatic carbocycles. The Morgan fingerprint density at radius 1 is 1.05 bits per heavy atom. The van der Waals surface area contributed by atoms with Crippen molar-refractivity contribution in [2.24, 2.45) is 0 Å². The van der Waals surface area contributed by atoms with Crippen molar-refractivity contribution in [2.45, 2.75) is 26.4 Å². The van der Waals surface area contributed by atoms with Crippen LogP contribution in [0.5, 0.6) is 5.75 Å². The first-order chi connectivity index (χ1) is 10.2. The van der Waals surface area contributed by atoms with Crippen LogP contribution in [0.25, 0.3) is 0 Å². The lowest BCUT2D eigenvalue weighted by Gasteiger charge is -2.04. The molecule has 0 bridgehead atoms. The molecule has 0 aliphatic heterocycles. The normalized spacial score (nSPS) is 10.4. The fourth-order valence-electron chi connectivity index (χ4n) is 1.43. The van der Waals surface area contributed by atoms with Gasteiger partial charge in [0.2, 0.25) is 0 Å². The molecule has 0 saturated carbocycles. The van der Waals surface area contributed by atoms with Crippen LogP contribution in [-0.2, 0) is 25.7 Å². The minimum atomic E-state index is -0.585. The van der Waals surface area contributed by atoms with Gasteiger partial charge in [0.1, 0.15) is 12.4 Å². The highest BCUT2D eigenvalue weighted by Crippen LogP contribution is 2.11. The quantitative estimate of drug-likeness (QED) is 0.419. The Kier molecular flexibility index (Phi) is 7.64. The number of carbonyl (C=O) groups is 2. The number of methoxy groups -OCH3 is 1. The molecule has 1 aromatic rings. The first kappa shape index (κ1) is 16.8. The van der Waals surface area contributed by atoms with Gasteiger partial charge in [0.05, 0.1) is 13.7 Å². The molecular weight excluding hydrogens is 272 g/mol. The third-order valence-electron chi connectivity index (χ3n) is 2.64. The summed E-state index contributed by atoms with van der Waals surface area (Å²) in [6, 6.07) is 7.16. The van der Waals surface area contributed by atoms with E-state index in [4.69, 9.17) is 14.2 Å². The molecule has 0 amide bonds. The van der Waals surface area contributed by atoms with Crippen LogP contribution in [0.2, 0.25) is 0 Å². The van der Waals surface area contributed by atoms with E-state index in [-0.39, 0.29) is 6.61 Å². The van der Waals surface area contributed by atoms with Crippen molar-refractivity contribution < 1.29 is 23.8 Å². The number of hydrogen-bond donors (Lipinski definition) is 0. The number of benzene rings is 1. The van der Waals surface area contributed by atoms with Crippen molar-refractivity contribution in [3.05, 3.63) is 42.0 Å². The Hall–Kier alpha value is -2.30. The minimum absolute atomic E-state index is 0.137. The molecule has 0 spiro atoms. The van der Waals surface area contributed by atoms with Crippen LogP contribution < -0.4 is 4.74 Å². The van der Waals surface area contributed by atoms with Crippen molar-refractivity contribution in [2.75, 3.05) is 13.7 Å². The first-order valence-corrected chi connectivity index (χ1v) is 6.80. The zero-order valence-electron chi connectivity index (χ0n) is 12.3. The average Bonchev–Trinajstić information content (AvgIpc) is 2.51. The van der Waals surface area contributed by atoms with Crippen LogP contribution in [0.1, 0.15) is 25.3 Å². The van der Waals surface area contributed by atoms with E-state index >= 15 is 0 Å². The largest absolute Gasteiger partial charge is 0.497 e. The summed E-state index contributed by atoms with van der Waals surface area (Å²) in [6.07, 6.45) is 3.90. The van der Waals surface area contributed by atoms with Crippen molar-refractivity contribution >= 4 is 11.9 Å². The molecule has 0 fully saturated rings. The van der Waals surface area contributed by atoms with Gasteiger partial charge in [-0.2, -0.15) is 0 Å². The Balaban J connectivity index is 2.31. The first-order valence-electron chi connectivity index (χ1n) is 6.80. The van der Waals surface area contributed by atoms with Gasteiger partial charge in [0, 0.05) is 12.2 Å². The molecule has 0 saturated heterocycles. The van der Waals surface area contributed by atoms with Gasteiger partial charge >= 0.3 is 11.9 Å². The fraction of sp³-hybridized carbons (Fsp3) is 0.375. The Morgan fingerprint density at radius 3 is 2.24 bits per heavy atom. The zero-order chi connectivity index (χ0) is 15.5. The van der Waals surface area contributed by atoms with Crippen LogP contribution in [0.3, 0.4) is 0 Å². The van der Waals surface area contributed by atoms with Gasteiger partial charge in [0.15, 0.2) is 0 Å². The molecule has 0 radical (unpaired) electrons. The summed E-state index contributed by atoms with van der Waals surface area (Å²) in [7, 11) is 1.58. The number of hydrogen-bond acceptors (Lipinski definition) is 5. The van der Waals surface area contributed by atoms with Gasteiger partial charge in [-0.15, -0.1) is 0 Å². The topological polar surface area (TPSA) is 61.8 Å².